The van der Waals surface area contributed by atoms with Gasteiger partial charge in [0.1, 0.15) is 0 Å². The van der Waals surface area contributed by atoms with E-state index in [9.17, 15) is 9.59 Å². The van der Waals surface area contributed by atoms with Gasteiger partial charge in [0.25, 0.3) is 11.6 Å². The summed E-state index contributed by atoms with van der Waals surface area (Å²) in [7, 11) is 0. The Morgan fingerprint density at radius 1 is 1.26 bits per heavy atom. The lowest BCUT2D eigenvalue weighted by atomic mass is 10.0. The van der Waals surface area contributed by atoms with Crippen LogP contribution in [0.1, 0.15) is 70.6 Å². The lowest BCUT2D eigenvalue weighted by Gasteiger charge is -2.09. The first kappa shape index (κ1) is 17.2. The molecule has 7 heteroatoms. The maximum absolute atomic E-state index is 13.0. The number of aromatic carboxylic acids is 1. The average Bonchev–Trinajstić information content (AvgIpc) is 3.39. The number of carboxylic acid groups (broad SMARTS) is 1. The number of rotatable bonds is 5. The molecule has 0 aliphatic heterocycles. The van der Waals surface area contributed by atoms with Crippen LogP contribution in [0.3, 0.4) is 0 Å². The molecule has 3 aromatic rings. The highest BCUT2D eigenvalue weighted by atomic mass is 16.5. The number of hydrogen-bond acceptors (Lipinski definition) is 5. The van der Waals surface area contributed by atoms with Gasteiger partial charge in [0, 0.05) is 17.3 Å². The van der Waals surface area contributed by atoms with Crippen LogP contribution in [0.2, 0.25) is 0 Å². The molecular weight excluding hydrogens is 346 g/mol. The highest BCUT2D eigenvalue weighted by Gasteiger charge is 2.29. The van der Waals surface area contributed by atoms with Crippen LogP contribution >= 0.6 is 0 Å². The van der Waals surface area contributed by atoms with Crippen LogP contribution in [0, 0.1) is 0 Å². The van der Waals surface area contributed by atoms with Crippen LogP contribution in [-0.4, -0.2) is 27.1 Å². The first-order valence-corrected chi connectivity index (χ1v) is 8.89. The molecule has 27 heavy (non-hydrogen) atoms. The summed E-state index contributed by atoms with van der Waals surface area (Å²) >= 11 is 0. The summed E-state index contributed by atoms with van der Waals surface area (Å²) in [4.78, 5) is 28.7. The van der Waals surface area contributed by atoms with E-state index in [1.165, 1.54) is 12.1 Å². The molecule has 2 aromatic heterocycles. The normalized spacial score (nSPS) is 13.9. The fourth-order valence-corrected chi connectivity index (χ4v) is 3.08. The van der Waals surface area contributed by atoms with Crippen LogP contribution < -0.4 is 5.32 Å². The SMILES string of the molecule is CC(C)c1noc2nc(C3CC3)cc(C(=O)Nc3cccc(C(=O)O)c3)c12. The van der Waals surface area contributed by atoms with Gasteiger partial charge >= 0.3 is 5.97 Å². The summed E-state index contributed by atoms with van der Waals surface area (Å²) in [5, 5.41) is 16.6. The Labute approximate surface area is 155 Å². The van der Waals surface area contributed by atoms with Crippen molar-refractivity contribution in [2.24, 2.45) is 0 Å². The molecule has 138 valence electrons. The Morgan fingerprint density at radius 2 is 2.04 bits per heavy atom. The number of benzene rings is 1. The van der Waals surface area contributed by atoms with Crippen molar-refractivity contribution in [2.45, 2.75) is 38.5 Å². The number of carboxylic acids is 1. The van der Waals surface area contributed by atoms with E-state index in [2.05, 4.69) is 15.5 Å². The molecule has 0 spiro atoms. The number of pyridine rings is 1. The summed E-state index contributed by atoms with van der Waals surface area (Å²) in [6.45, 7) is 3.95. The van der Waals surface area contributed by atoms with Gasteiger partial charge in [0.15, 0.2) is 0 Å². The van der Waals surface area contributed by atoms with Crippen LogP contribution in [-0.2, 0) is 0 Å². The lowest BCUT2D eigenvalue weighted by Crippen LogP contribution is -2.14. The summed E-state index contributed by atoms with van der Waals surface area (Å²) < 4.78 is 5.40. The summed E-state index contributed by atoms with van der Waals surface area (Å²) in [6, 6.07) is 7.96. The number of hydrogen-bond donors (Lipinski definition) is 2. The topological polar surface area (TPSA) is 105 Å². The minimum Gasteiger partial charge on any atom is -0.478 e. The Hall–Kier alpha value is -3.22. The number of carbonyl (C=O) groups excluding carboxylic acids is 1. The van der Waals surface area contributed by atoms with Gasteiger partial charge in [0.05, 0.1) is 22.2 Å². The van der Waals surface area contributed by atoms with Crippen molar-refractivity contribution >= 4 is 28.7 Å². The molecule has 1 amide bonds. The zero-order valence-electron chi connectivity index (χ0n) is 15.0. The van der Waals surface area contributed by atoms with Crippen molar-refractivity contribution in [1.82, 2.24) is 10.1 Å². The summed E-state index contributed by atoms with van der Waals surface area (Å²) in [5.74, 6) is -0.961. The molecule has 0 radical (unpaired) electrons. The molecule has 0 unspecified atom stereocenters. The number of amides is 1. The largest absolute Gasteiger partial charge is 0.478 e. The van der Waals surface area contributed by atoms with Crippen LogP contribution in [0.5, 0.6) is 0 Å². The highest BCUT2D eigenvalue weighted by Crippen LogP contribution is 2.41. The van der Waals surface area contributed by atoms with E-state index in [0.29, 0.717) is 34.0 Å². The van der Waals surface area contributed by atoms with Gasteiger partial charge in [0.2, 0.25) is 0 Å². The van der Waals surface area contributed by atoms with Crippen molar-refractivity contribution in [3.05, 3.63) is 52.8 Å². The van der Waals surface area contributed by atoms with Gasteiger partial charge in [-0.25, -0.2) is 9.78 Å². The minimum atomic E-state index is -1.05. The van der Waals surface area contributed by atoms with Gasteiger partial charge < -0.3 is 14.9 Å². The van der Waals surface area contributed by atoms with E-state index in [1.807, 2.05) is 13.8 Å². The second kappa shape index (κ2) is 6.50. The Bertz CT molecular complexity index is 1050. The second-order valence-electron chi connectivity index (χ2n) is 7.11. The molecule has 1 aliphatic carbocycles. The van der Waals surface area contributed by atoms with Gasteiger partial charge in [-0.05, 0) is 43.0 Å². The van der Waals surface area contributed by atoms with E-state index >= 15 is 0 Å². The van der Waals surface area contributed by atoms with Gasteiger partial charge in [-0.1, -0.05) is 25.1 Å². The molecule has 7 nitrogen and oxygen atoms in total. The molecule has 2 N–H and O–H groups in total. The van der Waals surface area contributed by atoms with Crippen molar-refractivity contribution < 1.29 is 19.2 Å². The highest BCUT2D eigenvalue weighted by molar-refractivity contribution is 6.12. The second-order valence-corrected chi connectivity index (χ2v) is 7.11. The van der Waals surface area contributed by atoms with E-state index in [0.717, 1.165) is 18.5 Å². The first-order chi connectivity index (χ1) is 12.9. The maximum atomic E-state index is 13.0. The van der Waals surface area contributed by atoms with E-state index in [4.69, 9.17) is 9.63 Å². The fraction of sp³-hybridized carbons (Fsp3) is 0.300. The zero-order valence-corrected chi connectivity index (χ0v) is 15.0. The predicted octanol–water partition coefficient (Wildman–Crippen LogP) is 4.17. The fourth-order valence-electron chi connectivity index (χ4n) is 3.08. The molecule has 4 rings (SSSR count). The number of anilines is 1. The van der Waals surface area contributed by atoms with Gasteiger partial charge in [-0.3, -0.25) is 4.79 Å². The standard InChI is InChI=1S/C20H19N3O4/c1-10(2)17-16-14(9-15(11-6-7-11)22-19(16)27-23-17)18(24)21-13-5-3-4-12(8-13)20(25)26/h3-5,8-11H,6-7H2,1-2H3,(H,21,24)(H,25,26). The maximum Gasteiger partial charge on any atom is 0.335 e. The predicted molar refractivity (Wildman–Crippen MR) is 99.2 cm³/mol. The smallest absolute Gasteiger partial charge is 0.335 e. The molecule has 1 aromatic carbocycles. The van der Waals surface area contributed by atoms with Crippen molar-refractivity contribution in [3.63, 3.8) is 0 Å². The van der Waals surface area contributed by atoms with Crippen molar-refractivity contribution in [1.29, 1.82) is 0 Å². The molecular formula is C20H19N3O4. The van der Waals surface area contributed by atoms with E-state index in [1.54, 1.807) is 18.2 Å². The molecule has 1 aliphatic rings. The number of fused-ring (bicyclic) bond motifs is 1. The third-order valence-electron chi connectivity index (χ3n) is 4.65. The molecule has 2 heterocycles. The minimum absolute atomic E-state index is 0.0710. The third-order valence-corrected chi connectivity index (χ3v) is 4.65. The Morgan fingerprint density at radius 3 is 2.70 bits per heavy atom. The number of aromatic nitrogens is 2. The van der Waals surface area contributed by atoms with E-state index in [-0.39, 0.29) is 17.4 Å². The number of nitrogens with one attached hydrogen (secondary N) is 1. The zero-order chi connectivity index (χ0) is 19.1. The first-order valence-electron chi connectivity index (χ1n) is 8.89. The summed E-state index contributed by atoms with van der Waals surface area (Å²) in [5.41, 5.74) is 2.86. The summed E-state index contributed by atoms with van der Waals surface area (Å²) in [6.07, 6.45) is 2.09. The molecule has 0 saturated heterocycles. The van der Waals surface area contributed by atoms with Gasteiger partial charge in [-0.2, -0.15) is 0 Å². The molecule has 0 atom stereocenters. The number of carbonyl (C=O) groups is 2. The van der Waals surface area contributed by atoms with Crippen LogP contribution in [0.15, 0.2) is 34.9 Å². The number of nitrogens with zero attached hydrogens (tertiary/aromatic N) is 2. The average molecular weight is 365 g/mol. The molecule has 1 fully saturated rings. The van der Waals surface area contributed by atoms with Crippen LogP contribution in [0.4, 0.5) is 5.69 Å². The van der Waals surface area contributed by atoms with Gasteiger partial charge in [-0.15, -0.1) is 0 Å². The van der Waals surface area contributed by atoms with Crippen LogP contribution in [0.25, 0.3) is 11.1 Å². The van der Waals surface area contributed by atoms with E-state index < -0.39 is 5.97 Å². The lowest BCUT2D eigenvalue weighted by molar-refractivity contribution is 0.0696. The van der Waals surface area contributed by atoms with Crippen molar-refractivity contribution in [2.75, 3.05) is 5.32 Å². The Balaban J connectivity index is 1.77. The quantitative estimate of drug-likeness (QED) is 0.703. The molecule has 1 saturated carbocycles. The Kier molecular flexibility index (Phi) is 4.14. The third kappa shape index (κ3) is 3.28. The monoisotopic (exact) mass is 365 g/mol. The molecule has 0 bridgehead atoms. The van der Waals surface area contributed by atoms with Crippen molar-refractivity contribution in [3.8, 4) is 0 Å².